The molecule has 0 atom stereocenters. The van der Waals surface area contributed by atoms with E-state index in [1.165, 1.54) is 0 Å². The van der Waals surface area contributed by atoms with Crippen LogP contribution in [0.4, 0.5) is 0 Å². The first kappa shape index (κ1) is 27.4. The highest BCUT2D eigenvalue weighted by molar-refractivity contribution is 6.38. The second-order valence-electron chi connectivity index (χ2n) is 9.95. The number of hydrogen-bond donors (Lipinski definition) is 0. The average molecular weight is 566 g/mol. The smallest absolute Gasteiger partial charge is 0.212 e. The number of rotatable bonds is 8. The lowest BCUT2D eigenvalue weighted by molar-refractivity contribution is -0.110. The van der Waals surface area contributed by atoms with E-state index in [1.54, 1.807) is 81.1 Å². The number of ketones is 3. The van der Waals surface area contributed by atoms with Gasteiger partial charge in [0.25, 0.3) is 0 Å². The van der Waals surface area contributed by atoms with Gasteiger partial charge in [-0.05, 0) is 65.3 Å². The summed E-state index contributed by atoms with van der Waals surface area (Å²) in [6, 6.07) is 32.2. The Morgan fingerprint density at radius 1 is 0.628 bits per heavy atom. The van der Waals surface area contributed by atoms with Crippen molar-refractivity contribution in [1.29, 1.82) is 0 Å². The lowest BCUT2D eigenvalue weighted by Gasteiger charge is -2.23. The molecular weight excluding hydrogens is 538 g/mol. The Morgan fingerprint density at radius 2 is 1.12 bits per heavy atom. The third-order valence-corrected chi connectivity index (χ3v) is 7.45. The number of carbonyl (C=O) groups excluding carboxylic acids is 3. The lowest BCUT2D eigenvalue weighted by Crippen LogP contribution is -2.20. The van der Waals surface area contributed by atoms with Crippen molar-refractivity contribution in [1.82, 2.24) is 4.90 Å². The fourth-order valence-electron chi connectivity index (χ4n) is 5.27. The number of fused-ring (bicyclic) bond motifs is 1. The van der Waals surface area contributed by atoms with E-state index in [2.05, 4.69) is 0 Å². The monoisotopic (exact) mass is 565 g/mol. The first-order valence-electron chi connectivity index (χ1n) is 13.7. The standard InChI is InChI=1S/C37H27NO5/c1-42-29-17-13-24(14-18-29)32-34(25-15-19-30(43-2)20-16-25)38-22-21-28(23-31(38)37(32)41)33(35(39)26-9-5-3-6-10-26)36(40)27-11-7-4-8-12-27/h3-23H,1-2H3. The molecule has 4 aromatic carbocycles. The molecule has 2 heterocycles. The molecule has 6 rings (SSSR count). The summed E-state index contributed by atoms with van der Waals surface area (Å²) < 4.78 is 10.7. The molecule has 2 aliphatic heterocycles. The first-order chi connectivity index (χ1) is 21.0. The molecule has 0 fully saturated rings. The summed E-state index contributed by atoms with van der Waals surface area (Å²) in [5.41, 5.74) is 4.18. The molecule has 6 heteroatoms. The molecule has 0 N–H and O–H groups in total. The number of benzene rings is 4. The van der Waals surface area contributed by atoms with Crippen LogP contribution < -0.4 is 9.47 Å². The van der Waals surface area contributed by atoms with Gasteiger partial charge in [-0.3, -0.25) is 14.4 Å². The second-order valence-corrected chi connectivity index (χ2v) is 9.95. The van der Waals surface area contributed by atoms with Crippen LogP contribution in [0.15, 0.2) is 144 Å². The van der Waals surface area contributed by atoms with Crippen molar-refractivity contribution in [3.8, 4) is 11.5 Å². The van der Waals surface area contributed by atoms with Crippen LogP contribution in [0, 0.1) is 0 Å². The van der Waals surface area contributed by atoms with Gasteiger partial charge in [-0.25, -0.2) is 0 Å². The molecule has 4 aromatic rings. The Kier molecular flexibility index (Phi) is 7.41. The molecule has 0 radical (unpaired) electrons. The third-order valence-electron chi connectivity index (χ3n) is 7.45. The van der Waals surface area contributed by atoms with Gasteiger partial charge in [0, 0.05) is 17.3 Å². The zero-order valence-corrected chi connectivity index (χ0v) is 23.6. The number of carbonyl (C=O) groups is 3. The van der Waals surface area contributed by atoms with E-state index in [9.17, 15) is 14.4 Å². The van der Waals surface area contributed by atoms with Crippen molar-refractivity contribution in [2.24, 2.45) is 0 Å². The minimum Gasteiger partial charge on any atom is -0.497 e. The van der Waals surface area contributed by atoms with Gasteiger partial charge < -0.3 is 14.4 Å². The highest BCUT2D eigenvalue weighted by Gasteiger charge is 2.38. The van der Waals surface area contributed by atoms with Crippen molar-refractivity contribution < 1.29 is 23.9 Å². The zero-order valence-electron chi connectivity index (χ0n) is 23.6. The van der Waals surface area contributed by atoms with Crippen molar-refractivity contribution in [3.05, 3.63) is 167 Å². The summed E-state index contributed by atoms with van der Waals surface area (Å²) in [4.78, 5) is 43.7. The number of nitrogens with zero attached hydrogens (tertiary/aromatic N) is 1. The summed E-state index contributed by atoms with van der Waals surface area (Å²) in [6.45, 7) is 0. The van der Waals surface area contributed by atoms with Crippen LogP contribution in [0.25, 0.3) is 11.3 Å². The van der Waals surface area contributed by atoms with Gasteiger partial charge in [-0.15, -0.1) is 0 Å². The molecule has 0 bridgehead atoms. The normalized spacial score (nSPS) is 13.9. The quantitative estimate of drug-likeness (QED) is 0.0999. The van der Waals surface area contributed by atoms with E-state index >= 15 is 0 Å². The summed E-state index contributed by atoms with van der Waals surface area (Å²) in [5, 5.41) is 0. The maximum Gasteiger partial charge on any atom is 0.212 e. The summed E-state index contributed by atoms with van der Waals surface area (Å²) in [6.07, 6.45) is 5.10. The van der Waals surface area contributed by atoms with Crippen LogP contribution in [-0.2, 0) is 4.79 Å². The van der Waals surface area contributed by atoms with Crippen molar-refractivity contribution in [3.63, 3.8) is 0 Å². The van der Waals surface area contributed by atoms with Gasteiger partial charge >= 0.3 is 0 Å². The van der Waals surface area contributed by atoms with Gasteiger partial charge in [-0.1, -0.05) is 72.8 Å². The molecule has 0 amide bonds. The fraction of sp³-hybridized carbons (Fsp3) is 0.0541. The van der Waals surface area contributed by atoms with Crippen LogP contribution in [-0.4, -0.2) is 36.5 Å². The van der Waals surface area contributed by atoms with E-state index in [1.807, 2.05) is 65.6 Å². The Balaban J connectivity index is 1.52. The lowest BCUT2D eigenvalue weighted by atomic mass is 9.90. The summed E-state index contributed by atoms with van der Waals surface area (Å²) in [5.74, 6) is 0.313. The molecule has 0 aliphatic carbocycles. The Labute approximate surface area is 249 Å². The van der Waals surface area contributed by atoms with Crippen LogP contribution in [0.3, 0.4) is 0 Å². The zero-order chi connectivity index (χ0) is 29.9. The van der Waals surface area contributed by atoms with Crippen molar-refractivity contribution in [2.45, 2.75) is 0 Å². The van der Waals surface area contributed by atoms with Crippen LogP contribution in [0.1, 0.15) is 31.8 Å². The van der Waals surface area contributed by atoms with Gasteiger partial charge in [0.15, 0.2) is 11.6 Å². The number of ether oxygens (including phenoxy) is 2. The molecule has 2 aliphatic rings. The largest absolute Gasteiger partial charge is 0.497 e. The molecule has 0 saturated carbocycles. The molecule has 0 spiro atoms. The number of allylic oxidation sites excluding steroid dienone is 5. The van der Waals surface area contributed by atoms with Gasteiger partial charge in [0.1, 0.15) is 11.5 Å². The van der Waals surface area contributed by atoms with E-state index in [4.69, 9.17) is 9.47 Å². The average Bonchev–Trinajstić information content (AvgIpc) is 3.36. The number of hydrogen-bond acceptors (Lipinski definition) is 6. The molecule has 43 heavy (non-hydrogen) atoms. The second kappa shape index (κ2) is 11.6. The highest BCUT2D eigenvalue weighted by atomic mass is 16.5. The van der Waals surface area contributed by atoms with Crippen molar-refractivity contribution >= 4 is 28.6 Å². The Morgan fingerprint density at radius 3 is 1.60 bits per heavy atom. The topological polar surface area (TPSA) is 72.9 Å². The molecule has 0 unspecified atom stereocenters. The number of Topliss-reactive ketones (excluding diaryl/α,β-unsaturated/α-hetero) is 3. The van der Waals surface area contributed by atoms with Crippen LogP contribution >= 0.6 is 0 Å². The van der Waals surface area contributed by atoms with E-state index in [0.29, 0.717) is 50.7 Å². The molecular formula is C37H27NO5. The molecule has 0 aromatic heterocycles. The minimum absolute atomic E-state index is 0.00232. The van der Waals surface area contributed by atoms with E-state index in [-0.39, 0.29) is 11.4 Å². The maximum atomic E-state index is 14.2. The Hall–Kier alpha value is -5.75. The Bertz CT molecular complexity index is 1790. The predicted octanol–water partition coefficient (Wildman–Crippen LogP) is 6.93. The predicted molar refractivity (Wildman–Crippen MR) is 165 cm³/mol. The third kappa shape index (κ3) is 5.11. The fourth-order valence-corrected chi connectivity index (χ4v) is 5.27. The van der Waals surface area contributed by atoms with Gasteiger partial charge in [-0.2, -0.15) is 0 Å². The molecule has 6 nitrogen and oxygen atoms in total. The van der Waals surface area contributed by atoms with E-state index < -0.39 is 11.6 Å². The minimum atomic E-state index is -0.413. The maximum absolute atomic E-state index is 14.2. The van der Waals surface area contributed by atoms with Gasteiger partial charge in [0.05, 0.1) is 36.8 Å². The van der Waals surface area contributed by atoms with E-state index in [0.717, 1.165) is 5.56 Å². The van der Waals surface area contributed by atoms with Crippen LogP contribution in [0.2, 0.25) is 0 Å². The molecule has 210 valence electrons. The van der Waals surface area contributed by atoms with Gasteiger partial charge in [0.2, 0.25) is 5.78 Å². The number of methoxy groups -OCH3 is 2. The first-order valence-corrected chi connectivity index (χ1v) is 13.7. The summed E-state index contributed by atoms with van der Waals surface area (Å²) in [7, 11) is 3.19. The molecule has 0 saturated heterocycles. The summed E-state index contributed by atoms with van der Waals surface area (Å²) >= 11 is 0. The SMILES string of the molecule is COc1ccc(C2=C(c3ccc(OC)cc3)N3C=CC(=C(C(=O)c4ccccc4)C(=O)c4ccccc4)C=C3C2=O)cc1. The highest BCUT2D eigenvalue weighted by Crippen LogP contribution is 2.44. The van der Waals surface area contributed by atoms with Crippen LogP contribution in [0.5, 0.6) is 11.5 Å². The van der Waals surface area contributed by atoms with Crippen molar-refractivity contribution in [2.75, 3.05) is 14.2 Å².